The van der Waals surface area contributed by atoms with E-state index in [-0.39, 0.29) is 12.4 Å². The number of alkyl halides is 2. The topological polar surface area (TPSA) is 12.0 Å². The summed E-state index contributed by atoms with van der Waals surface area (Å²) in [5.74, 6) is -2.20. The van der Waals surface area contributed by atoms with Gasteiger partial charge in [0.25, 0.3) is 0 Å². The molecular formula is C4H9Cl2N. The number of hydrogen-bond acceptors (Lipinski definition) is 1. The molecule has 0 saturated carbocycles. The fourth-order valence-electron chi connectivity index (χ4n) is 0.143. The third-order valence-corrected chi connectivity index (χ3v) is 0.639. The first-order valence-electron chi connectivity index (χ1n) is 3.81. The molecule has 0 fully saturated rings. The highest BCUT2D eigenvalue weighted by atomic mass is 35.5. The van der Waals surface area contributed by atoms with Crippen LogP contribution < -0.4 is 5.32 Å². The highest BCUT2D eigenvalue weighted by molar-refractivity contribution is 6.18. The summed E-state index contributed by atoms with van der Waals surface area (Å²) < 4.78 is 27.9. The van der Waals surface area contributed by atoms with Crippen molar-refractivity contribution in [1.82, 2.24) is 5.32 Å². The molecule has 0 aromatic heterocycles. The van der Waals surface area contributed by atoms with E-state index < -0.39 is 12.3 Å². The van der Waals surface area contributed by atoms with Gasteiger partial charge in [0.2, 0.25) is 0 Å². The van der Waals surface area contributed by atoms with Crippen molar-refractivity contribution in [3.8, 4) is 0 Å². The van der Waals surface area contributed by atoms with Gasteiger partial charge in [0.05, 0.1) is 0 Å². The molecule has 0 spiro atoms. The summed E-state index contributed by atoms with van der Waals surface area (Å²) in [6.07, 6.45) is 0. The molecule has 1 N–H and O–H groups in total. The van der Waals surface area contributed by atoms with Gasteiger partial charge in [-0.1, -0.05) is 0 Å². The molecule has 0 heterocycles. The van der Waals surface area contributed by atoms with Gasteiger partial charge in [-0.3, -0.25) is 0 Å². The molecule has 0 saturated heterocycles. The summed E-state index contributed by atoms with van der Waals surface area (Å²) >= 11 is 10.4. The Bertz CT molecular complexity index is 124. The molecule has 0 atom stereocenters. The molecule has 0 amide bonds. The summed E-state index contributed by atoms with van der Waals surface area (Å²) in [5, 5.41) is 2.24. The van der Waals surface area contributed by atoms with Crippen molar-refractivity contribution >= 4 is 23.2 Å². The van der Waals surface area contributed by atoms with Crippen LogP contribution in [-0.2, 0) is 0 Å². The maximum Gasteiger partial charge on any atom is 0.0449 e. The van der Waals surface area contributed by atoms with Crippen molar-refractivity contribution in [3.05, 3.63) is 0 Å². The monoisotopic (exact) mass is 145 g/mol. The number of rotatable bonds is 4. The minimum Gasteiger partial charge on any atom is -0.314 e. The Balaban J connectivity index is 4.00. The largest absolute Gasteiger partial charge is 0.314 e. The van der Waals surface area contributed by atoms with Crippen LogP contribution in [0.1, 0.15) is 5.48 Å². The minimum atomic E-state index is -2.42. The molecule has 0 aromatic rings. The second-order valence-electron chi connectivity index (χ2n) is 0.835. The van der Waals surface area contributed by atoms with Gasteiger partial charge < -0.3 is 5.32 Å². The predicted octanol–water partition coefficient (Wildman–Crippen LogP) is 1.05. The van der Waals surface area contributed by atoms with Crippen LogP contribution in [0.5, 0.6) is 0 Å². The highest BCUT2D eigenvalue weighted by Crippen LogP contribution is 1.71. The predicted molar refractivity (Wildman–Crippen MR) is 34.3 cm³/mol. The van der Waals surface area contributed by atoms with Crippen molar-refractivity contribution in [2.24, 2.45) is 0 Å². The van der Waals surface area contributed by atoms with E-state index in [0.717, 1.165) is 0 Å². The van der Waals surface area contributed by atoms with Crippen LogP contribution in [0.15, 0.2) is 0 Å². The molecule has 0 aliphatic rings. The lowest BCUT2D eigenvalue weighted by Crippen LogP contribution is -2.18. The maximum atomic E-state index is 7.07. The van der Waals surface area contributed by atoms with Crippen LogP contribution in [0.25, 0.3) is 0 Å². The molecular weight excluding hydrogens is 133 g/mol. The number of halogens is 2. The van der Waals surface area contributed by atoms with Crippen molar-refractivity contribution in [2.75, 3.05) is 24.8 Å². The number of hydrogen-bond donors (Lipinski definition) is 1. The van der Waals surface area contributed by atoms with Gasteiger partial charge in [0.1, 0.15) is 0 Å². The van der Waals surface area contributed by atoms with Crippen molar-refractivity contribution < 1.29 is 5.48 Å². The smallest absolute Gasteiger partial charge is 0.0449 e. The molecule has 0 aliphatic heterocycles. The maximum absolute atomic E-state index is 7.07. The molecule has 0 unspecified atom stereocenters. The van der Waals surface area contributed by atoms with Crippen molar-refractivity contribution in [2.45, 2.75) is 0 Å². The van der Waals surface area contributed by atoms with Crippen molar-refractivity contribution in [3.63, 3.8) is 0 Å². The molecule has 0 bridgehead atoms. The molecule has 7 heavy (non-hydrogen) atoms. The van der Waals surface area contributed by atoms with Gasteiger partial charge in [0, 0.05) is 30.2 Å². The van der Waals surface area contributed by atoms with Crippen LogP contribution >= 0.6 is 23.2 Å². The zero-order valence-electron chi connectivity index (χ0n) is 7.67. The molecule has 0 rings (SSSR count). The van der Waals surface area contributed by atoms with Gasteiger partial charge >= 0.3 is 0 Å². The highest BCUT2D eigenvalue weighted by Gasteiger charge is 1.78. The minimum absolute atomic E-state index is 0.181. The normalized spacial score (nSPS) is 22.0. The average Bonchev–Trinajstić information content (AvgIpc) is 1.81. The molecule has 44 valence electrons. The second kappa shape index (κ2) is 6.54. The van der Waals surface area contributed by atoms with E-state index in [1.54, 1.807) is 0 Å². The Labute approximate surface area is 59.6 Å². The molecule has 1 nitrogen and oxygen atoms in total. The summed E-state index contributed by atoms with van der Waals surface area (Å²) in [6, 6.07) is 0. The standard InChI is InChI=1S/C4H9Cl2N/c5-1-3-7-4-2-6/h7H,1-4H2/i1D2,3D2. The van der Waals surface area contributed by atoms with E-state index in [1.165, 1.54) is 0 Å². The first-order chi connectivity index (χ1) is 4.81. The zero-order chi connectivity index (χ0) is 9.12. The second-order valence-corrected chi connectivity index (χ2v) is 1.40. The van der Waals surface area contributed by atoms with E-state index in [4.69, 9.17) is 28.7 Å². The Hall–Kier alpha value is 0.540. The molecule has 0 radical (unpaired) electrons. The molecule has 0 aliphatic carbocycles. The molecule has 3 heteroatoms. The quantitative estimate of drug-likeness (QED) is 0.584. The number of nitrogens with one attached hydrogen (secondary N) is 1. The summed E-state index contributed by atoms with van der Waals surface area (Å²) in [4.78, 5) is 0. The average molecular weight is 146 g/mol. The Kier molecular flexibility index (Phi) is 2.71. The third-order valence-electron chi connectivity index (χ3n) is 0.355. The van der Waals surface area contributed by atoms with E-state index in [9.17, 15) is 0 Å². The summed E-state index contributed by atoms with van der Waals surface area (Å²) in [6.45, 7) is -2.07. The van der Waals surface area contributed by atoms with Crippen LogP contribution in [0.2, 0.25) is 0 Å². The lowest BCUT2D eigenvalue weighted by molar-refractivity contribution is 0.770. The van der Waals surface area contributed by atoms with Gasteiger partial charge in [-0.2, -0.15) is 0 Å². The Morgan fingerprint density at radius 3 is 2.71 bits per heavy atom. The van der Waals surface area contributed by atoms with Gasteiger partial charge in [-0.05, 0) is 0 Å². The van der Waals surface area contributed by atoms with E-state index in [1.807, 2.05) is 0 Å². The Morgan fingerprint density at radius 2 is 2.29 bits per heavy atom. The lowest BCUT2D eigenvalue weighted by atomic mass is 10.7. The van der Waals surface area contributed by atoms with Crippen LogP contribution in [0, 0.1) is 0 Å². The zero-order valence-corrected chi connectivity index (χ0v) is 5.18. The third kappa shape index (κ3) is 6.54. The fourth-order valence-corrected chi connectivity index (χ4v) is 0.304. The van der Waals surface area contributed by atoms with Gasteiger partial charge in [-0.25, -0.2) is 0 Å². The summed E-state index contributed by atoms with van der Waals surface area (Å²) in [5.41, 5.74) is 0. The van der Waals surface area contributed by atoms with E-state index in [2.05, 4.69) is 5.32 Å². The van der Waals surface area contributed by atoms with Gasteiger partial charge in [-0.15, -0.1) is 23.2 Å². The SMILES string of the molecule is [2H]C([2H])(Cl)C([2H])([2H])NCCCl. The van der Waals surface area contributed by atoms with Crippen LogP contribution in [0.4, 0.5) is 0 Å². The van der Waals surface area contributed by atoms with E-state index in [0.29, 0.717) is 0 Å². The summed E-state index contributed by atoms with van der Waals surface area (Å²) in [7, 11) is 0. The fraction of sp³-hybridized carbons (Fsp3) is 1.00. The van der Waals surface area contributed by atoms with Gasteiger partial charge in [0.15, 0.2) is 0 Å². The van der Waals surface area contributed by atoms with Crippen LogP contribution in [0.3, 0.4) is 0 Å². The van der Waals surface area contributed by atoms with E-state index >= 15 is 0 Å². The first kappa shape index (κ1) is 2.90. The first-order valence-corrected chi connectivity index (χ1v) is 2.72. The van der Waals surface area contributed by atoms with Crippen LogP contribution in [-0.4, -0.2) is 24.8 Å². The molecule has 0 aromatic carbocycles. The van der Waals surface area contributed by atoms with Crippen molar-refractivity contribution in [1.29, 1.82) is 0 Å². The lowest BCUT2D eigenvalue weighted by Gasteiger charge is -1.93. The Morgan fingerprint density at radius 1 is 1.57 bits per heavy atom.